The number of ether oxygens (including phenoxy) is 1. The first kappa shape index (κ1) is 21.6. The molecule has 0 amide bonds. The van der Waals surface area contributed by atoms with Crippen molar-refractivity contribution in [2.45, 2.75) is 76.7 Å². The number of aromatic nitrogens is 2. The molecule has 3 rings (SSSR count). The molecule has 3 atom stereocenters. The van der Waals surface area contributed by atoms with Crippen LogP contribution >= 0.6 is 8.17 Å². The van der Waals surface area contributed by atoms with Gasteiger partial charge in [-0.05, 0) is 0 Å². The molecule has 2 aliphatic rings. The van der Waals surface area contributed by atoms with Crippen LogP contribution in [0.25, 0.3) is 0 Å². The van der Waals surface area contributed by atoms with Crippen LogP contribution in [0.1, 0.15) is 64.5 Å². The maximum absolute atomic E-state index is 12.0. The van der Waals surface area contributed by atoms with Gasteiger partial charge in [-0.15, -0.1) is 0 Å². The van der Waals surface area contributed by atoms with Gasteiger partial charge < -0.3 is 0 Å². The molecular weight excluding hydrogens is 385 g/mol. The fourth-order valence-electron chi connectivity index (χ4n) is 3.54. The Bertz CT molecular complexity index is 690. The predicted molar refractivity (Wildman–Crippen MR) is 107 cm³/mol. The number of nitrogen functional groups attached to an aromatic ring is 1. The van der Waals surface area contributed by atoms with E-state index in [-0.39, 0.29) is 24.6 Å². The van der Waals surface area contributed by atoms with Gasteiger partial charge in [0.25, 0.3) is 0 Å². The Labute approximate surface area is 165 Å². The number of fused-ring (bicyclic) bond motifs is 1. The first-order chi connectivity index (χ1) is 13.5. The van der Waals surface area contributed by atoms with Crippen molar-refractivity contribution in [3.05, 3.63) is 22.7 Å². The number of anilines is 1. The number of unbranched alkanes of at least 4 members (excludes halogenated alkanes) is 6. The van der Waals surface area contributed by atoms with E-state index in [2.05, 4.69) is 11.9 Å². The van der Waals surface area contributed by atoms with E-state index >= 15 is 0 Å². The van der Waals surface area contributed by atoms with Gasteiger partial charge in [-0.3, -0.25) is 0 Å². The molecule has 28 heavy (non-hydrogen) atoms. The average Bonchev–Trinajstić information content (AvgIpc) is 3.06. The Balaban J connectivity index is 1.43. The summed E-state index contributed by atoms with van der Waals surface area (Å²) in [5.74, 6) is 0.164. The van der Waals surface area contributed by atoms with Gasteiger partial charge in [-0.1, -0.05) is 0 Å². The Hall–Kier alpha value is -1.09. The second-order valence-electron chi connectivity index (χ2n) is 7.37. The first-order valence-electron chi connectivity index (χ1n) is 10.2. The summed E-state index contributed by atoms with van der Waals surface area (Å²) in [5, 5.41) is 0. The van der Waals surface area contributed by atoms with Crippen molar-refractivity contribution in [2.75, 3.05) is 18.9 Å². The predicted octanol–water partition coefficient (Wildman–Crippen LogP) is 2.70. The van der Waals surface area contributed by atoms with E-state index in [0.29, 0.717) is 13.0 Å². The van der Waals surface area contributed by atoms with Gasteiger partial charge in [0, 0.05) is 0 Å². The van der Waals surface area contributed by atoms with E-state index in [1.165, 1.54) is 36.7 Å². The fraction of sp³-hybridized carbons (Fsp3) is 0.778. The Kier molecular flexibility index (Phi) is 7.79. The van der Waals surface area contributed by atoms with Gasteiger partial charge in [0.2, 0.25) is 0 Å². The molecule has 1 aromatic heterocycles. The molecule has 3 heterocycles. The zero-order valence-electron chi connectivity index (χ0n) is 16.4. The molecule has 3 N–H and O–H groups in total. The van der Waals surface area contributed by atoms with Crippen molar-refractivity contribution in [3.8, 4) is 0 Å². The van der Waals surface area contributed by atoms with Crippen LogP contribution in [0.5, 0.6) is 0 Å². The van der Waals surface area contributed by atoms with E-state index < -0.39 is 20.1 Å². The molecule has 0 spiro atoms. The number of hydrogen-bond acceptors (Lipinski definition) is 8. The zero-order chi connectivity index (χ0) is 20.0. The molecule has 2 fully saturated rings. The minimum atomic E-state index is -3.66. The van der Waals surface area contributed by atoms with Crippen molar-refractivity contribution >= 4 is 14.0 Å². The number of hydrogen-bond donors (Lipinski definition) is 2. The zero-order valence-corrected chi connectivity index (χ0v) is 17.4. The van der Waals surface area contributed by atoms with Crippen molar-refractivity contribution in [3.63, 3.8) is 0 Å². The molecule has 0 bridgehead atoms. The van der Waals surface area contributed by atoms with E-state index in [1.807, 2.05) is 0 Å². The second kappa shape index (κ2) is 10.1. The van der Waals surface area contributed by atoms with E-state index in [9.17, 15) is 9.69 Å². The van der Waals surface area contributed by atoms with E-state index in [1.54, 1.807) is 12.3 Å². The summed E-state index contributed by atoms with van der Waals surface area (Å²) in [7, 11) is -3.66. The molecule has 9 nitrogen and oxygen atoms in total. The van der Waals surface area contributed by atoms with Gasteiger partial charge >= 0.3 is 165 Å². The summed E-state index contributed by atoms with van der Waals surface area (Å²) in [4.78, 5) is 26.3. The molecule has 0 unspecified atom stereocenters. The molecule has 1 aromatic rings. The molecule has 2 aliphatic heterocycles. The summed E-state index contributed by atoms with van der Waals surface area (Å²) in [6, 6.07) is 1.54. The minimum absolute atomic E-state index is 0.164. The molecule has 0 radical (unpaired) electrons. The Morgan fingerprint density at radius 2 is 2.04 bits per heavy atom. The maximum atomic E-state index is 12.0. The summed E-state index contributed by atoms with van der Waals surface area (Å²) < 4.78 is 24.0. The topological polar surface area (TPSA) is 118 Å². The van der Waals surface area contributed by atoms with E-state index in [0.717, 1.165) is 12.8 Å². The summed E-state index contributed by atoms with van der Waals surface area (Å²) >= 11 is 0. The van der Waals surface area contributed by atoms with E-state index in [4.69, 9.17) is 24.0 Å². The van der Waals surface area contributed by atoms with Crippen molar-refractivity contribution in [2.24, 2.45) is 0 Å². The number of nitrogens with two attached hydrogens (primary N) is 1. The molecule has 2 saturated heterocycles. The van der Waals surface area contributed by atoms with Crippen LogP contribution in [0.4, 0.5) is 5.82 Å². The Morgan fingerprint density at radius 1 is 1.29 bits per heavy atom. The summed E-state index contributed by atoms with van der Waals surface area (Å²) in [6.45, 7) is 2.80. The van der Waals surface area contributed by atoms with Crippen molar-refractivity contribution in [1.82, 2.24) is 9.55 Å². The van der Waals surface area contributed by atoms with Crippen LogP contribution < -0.4 is 11.4 Å². The summed E-state index contributed by atoms with van der Waals surface area (Å²) in [5.41, 5.74) is 5.04. The monoisotopic (exact) mass is 417 g/mol. The SMILES string of the molecule is CCCCCCCCCO[PH]1(O)OC[C@H]2O[C@@H](n3ccc(N)nc3=O)C[C@@H]2O1. The van der Waals surface area contributed by atoms with Gasteiger partial charge in [0.05, 0.1) is 0 Å². The number of nitrogens with zero attached hydrogens (tertiary/aromatic N) is 2. The van der Waals surface area contributed by atoms with Crippen LogP contribution in [-0.4, -0.2) is 39.9 Å². The van der Waals surface area contributed by atoms with Gasteiger partial charge in [0.15, 0.2) is 0 Å². The third-order valence-electron chi connectivity index (χ3n) is 5.10. The van der Waals surface area contributed by atoms with Crippen LogP contribution in [0.3, 0.4) is 0 Å². The first-order valence-corrected chi connectivity index (χ1v) is 11.9. The van der Waals surface area contributed by atoms with Crippen molar-refractivity contribution in [1.29, 1.82) is 0 Å². The van der Waals surface area contributed by atoms with Gasteiger partial charge in [-0.2, -0.15) is 0 Å². The molecular formula is C18H32N3O6P. The summed E-state index contributed by atoms with van der Waals surface area (Å²) in [6.07, 6.45) is 8.86. The fourth-order valence-corrected chi connectivity index (χ4v) is 5.17. The standard InChI is InChI=1S/C18H32N3O6P/c1-2-3-4-5-6-7-8-11-24-28(23)25-13-15-14(27-28)12-17(26-15)21-10-9-16(19)20-18(21)22/h9-10,14-15,17,23,28H,2-8,11-13H2,1H3,(H2,19,20,22)/t14-,15+,17+/m0/s1. The third kappa shape index (κ3) is 5.72. The third-order valence-corrected chi connectivity index (χ3v) is 6.81. The van der Waals surface area contributed by atoms with Crippen molar-refractivity contribution < 1.29 is 23.2 Å². The molecule has 0 saturated carbocycles. The van der Waals surface area contributed by atoms with Crippen LogP contribution in [0.2, 0.25) is 0 Å². The van der Waals surface area contributed by atoms with Gasteiger partial charge in [0.1, 0.15) is 0 Å². The molecule has 10 heteroatoms. The molecule has 0 aliphatic carbocycles. The Morgan fingerprint density at radius 3 is 2.79 bits per heavy atom. The average molecular weight is 417 g/mol. The van der Waals surface area contributed by atoms with Crippen LogP contribution in [0.15, 0.2) is 17.1 Å². The second-order valence-corrected chi connectivity index (χ2v) is 9.23. The number of rotatable bonds is 10. The van der Waals surface area contributed by atoms with Crippen LogP contribution in [0, 0.1) is 0 Å². The molecule has 0 aromatic carbocycles. The van der Waals surface area contributed by atoms with Gasteiger partial charge in [-0.25, -0.2) is 0 Å². The quantitative estimate of drug-likeness (QED) is 0.441. The normalized spacial score (nSPS) is 27.4. The molecule has 160 valence electrons. The van der Waals surface area contributed by atoms with Crippen LogP contribution in [-0.2, 0) is 18.3 Å².